The molecule has 0 bridgehead atoms. The Hall–Kier alpha value is -7.24. The number of hydrogen-bond acceptors (Lipinski definition) is 3. The molecule has 12 rings (SSSR count). The monoisotopic (exact) mass is 676 g/mol. The summed E-state index contributed by atoms with van der Waals surface area (Å²) in [5, 5.41) is 10.3. The highest BCUT2D eigenvalue weighted by Gasteiger charge is 2.25. The topological polar surface area (TPSA) is 48.8 Å². The molecule has 5 heteroatoms. The lowest BCUT2D eigenvalue weighted by Gasteiger charge is -2.12. The number of para-hydroxylation sites is 3. The SMILES string of the molecule is c1ccc(-c2nc(-n3c4ccccc4c4c3ccc3c5c6c(ccc5n(-c5ccc7ccccc7c5)c34)oc3ccccc36)nc3ccccc23)cc1. The average molecular weight is 677 g/mol. The van der Waals surface area contributed by atoms with Crippen LogP contribution < -0.4 is 0 Å². The second-order valence-electron chi connectivity index (χ2n) is 13.8. The standard InChI is InChI=1S/C48H28N4O/c1-2-13-30(14-3-1)46-33-16-6-9-19-37(33)49-48(50-46)52-38-20-10-7-17-34(38)44-40(52)25-24-36-43-39(26-27-42-45(43)35-18-8-11-21-41(35)53-42)51(47(36)44)32-23-22-29-12-4-5-15-31(29)28-32/h1-28H. The maximum atomic E-state index is 6.45. The first-order valence-electron chi connectivity index (χ1n) is 17.9. The lowest BCUT2D eigenvalue weighted by molar-refractivity contribution is 0.669. The molecule has 0 atom stereocenters. The van der Waals surface area contributed by atoms with Gasteiger partial charge in [0, 0.05) is 49.0 Å². The average Bonchev–Trinajstić information content (AvgIpc) is 3.88. The van der Waals surface area contributed by atoms with Gasteiger partial charge < -0.3 is 8.98 Å². The van der Waals surface area contributed by atoms with Crippen LogP contribution in [0.15, 0.2) is 174 Å². The van der Waals surface area contributed by atoms with Gasteiger partial charge in [-0.25, -0.2) is 9.97 Å². The molecule has 0 aliphatic heterocycles. The summed E-state index contributed by atoms with van der Waals surface area (Å²) in [6, 6.07) is 60.0. The summed E-state index contributed by atoms with van der Waals surface area (Å²) < 4.78 is 11.2. The van der Waals surface area contributed by atoms with Gasteiger partial charge in [0.05, 0.1) is 33.3 Å². The molecule has 0 saturated carbocycles. The second kappa shape index (κ2) is 10.6. The van der Waals surface area contributed by atoms with E-state index in [2.05, 4.69) is 161 Å². The predicted octanol–water partition coefficient (Wildman–Crippen LogP) is 12.5. The van der Waals surface area contributed by atoms with E-state index in [1.54, 1.807) is 0 Å². The van der Waals surface area contributed by atoms with Gasteiger partial charge in [-0.3, -0.25) is 4.57 Å². The van der Waals surface area contributed by atoms with Crippen LogP contribution in [-0.4, -0.2) is 19.1 Å². The number of hydrogen-bond donors (Lipinski definition) is 0. The van der Waals surface area contributed by atoms with E-state index < -0.39 is 0 Å². The molecule has 0 N–H and O–H groups in total. The van der Waals surface area contributed by atoms with E-state index in [0.29, 0.717) is 5.95 Å². The molecule has 4 heterocycles. The number of nitrogens with zero attached hydrogens (tertiary/aromatic N) is 4. The minimum absolute atomic E-state index is 0.643. The molecule has 0 saturated heterocycles. The summed E-state index contributed by atoms with van der Waals surface area (Å²) in [4.78, 5) is 10.6. The highest BCUT2D eigenvalue weighted by Crippen LogP contribution is 2.46. The lowest BCUT2D eigenvalue weighted by atomic mass is 10.0. The Morgan fingerprint density at radius 1 is 0.415 bits per heavy atom. The van der Waals surface area contributed by atoms with Gasteiger partial charge in [-0.15, -0.1) is 0 Å². The summed E-state index contributed by atoms with van der Waals surface area (Å²) in [7, 11) is 0. The van der Waals surface area contributed by atoms with Crippen LogP contribution in [0.5, 0.6) is 0 Å². The number of furan rings is 1. The summed E-state index contributed by atoms with van der Waals surface area (Å²) >= 11 is 0. The van der Waals surface area contributed by atoms with E-state index in [-0.39, 0.29) is 0 Å². The molecule has 5 nitrogen and oxygen atoms in total. The summed E-state index contributed by atoms with van der Waals surface area (Å²) in [5.41, 5.74) is 10.1. The van der Waals surface area contributed by atoms with Gasteiger partial charge in [0.1, 0.15) is 11.2 Å². The summed E-state index contributed by atoms with van der Waals surface area (Å²) in [6.45, 7) is 0. The van der Waals surface area contributed by atoms with E-state index in [1.807, 2.05) is 18.2 Å². The van der Waals surface area contributed by atoms with Crippen molar-refractivity contribution in [3.05, 3.63) is 170 Å². The van der Waals surface area contributed by atoms with Crippen LogP contribution in [-0.2, 0) is 0 Å². The first-order chi connectivity index (χ1) is 26.3. The van der Waals surface area contributed by atoms with Gasteiger partial charge in [-0.2, -0.15) is 0 Å². The van der Waals surface area contributed by atoms with E-state index in [1.165, 1.54) is 21.5 Å². The fourth-order valence-corrected chi connectivity index (χ4v) is 8.64. The van der Waals surface area contributed by atoms with Gasteiger partial charge in [0.2, 0.25) is 5.95 Å². The molecule has 53 heavy (non-hydrogen) atoms. The van der Waals surface area contributed by atoms with Gasteiger partial charge in [0.25, 0.3) is 0 Å². The van der Waals surface area contributed by atoms with Crippen molar-refractivity contribution in [2.75, 3.05) is 0 Å². The highest BCUT2D eigenvalue weighted by atomic mass is 16.3. The van der Waals surface area contributed by atoms with E-state index in [0.717, 1.165) is 82.6 Å². The zero-order valence-electron chi connectivity index (χ0n) is 28.4. The van der Waals surface area contributed by atoms with Gasteiger partial charge in [-0.05, 0) is 59.3 Å². The van der Waals surface area contributed by atoms with Crippen LogP contribution in [0.25, 0.3) is 110 Å². The number of aromatic nitrogens is 4. The molecular weight excluding hydrogens is 649 g/mol. The Labute approximate surface area is 302 Å². The van der Waals surface area contributed by atoms with Crippen molar-refractivity contribution in [2.45, 2.75) is 0 Å². The molecule has 246 valence electrons. The summed E-state index contributed by atoms with van der Waals surface area (Å²) in [5.74, 6) is 0.643. The second-order valence-corrected chi connectivity index (χ2v) is 13.8. The van der Waals surface area contributed by atoms with E-state index in [9.17, 15) is 0 Å². The maximum absolute atomic E-state index is 6.45. The van der Waals surface area contributed by atoms with E-state index >= 15 is 0 Å². The van der Waals surface area contributed by atoms with Gasteiger partial charge in [0.15, 0.2) is 0 Å². The van der Waals surface area contributed by atoms with Crippen molar-refractivity contribution in [2.24, 2.45) is 0 Å². The minimum atomic E-state index is 0.643. The molecule has 8 aromatic carbocycles. The van der Waals surface area contributed by atoms with Crippen molar-refractivity contribution in [3.8, 4) is 22.9 Å². The quantitative estimate of drug-likeness (QED) is 0.187. The molecule has 4 aromatic heterocycles. The fraction of sp³-hybridized carbons (Fsp3) is 0. The first kappa shape index (κ1) is 28.5. The molecule has 0 unspecified atom stereocenters. The molecule has 12 aromatic rings. The maximum Gasteiger partial charge on any atom is 0.235 e. The third-order valence-electron chi connectivity index (χ3n) is 10.9. The zero-order chi connectivity index (χ0) is 34.6. The van der Waals surface area contributed by atoms with Crippen LogP contribution in [0, 0.1) is 0 Å². The molecule has 0 aliphatic carbocycles. The van der Waals surface area contributed by atoms with Crippen molar-refractivity contribution in [3.63, 3.8) is 0 Å². The molecule has 0 amide bonds. The number of rotatable bonds is 3. The Morgan fingerprint density at radius 2 is 1.13 bits per heavy atom. The van der Waals surface area contributed by atoms with Crippen molar-refractivity contribution >= 4 is 87.2 Å². The number of fused-ring (bicyclic) bond motifs is 13. The molecular formula is C48H28N4O. The predicted molar refractivity (Wildman–Crippen MR) is 218 cm³/mol. The van der Waals surface area contributed by atoms with Crippen molar-refractivity contribution in [1.82, 2.24) is 19.1 Å². The fourth-order valence-electron chi connectivity index (χ4n) is 8.64. The summed E-state index contributed by atoms with van der Waals surface area (Å²) in [6.07, 6.45) is 0. The third-order valence-corrected chi connectivity index (χ3v) is 10.9. The van der Waals surface area contributed by atoms with Gasteiger partial charge >= 0.3 is 0 Å². The van der Waals surface area contributed by atoms with E-state index in [4.69, 9.17) is 14.4 Å². The van der Waals surface area contributed by atoms with Crippen LogP contribution in [0.3, 0.4) is 0 Å². The third kappa shape index (κ3) is 3.96. The smallest absolute Gasteiger partial charge is 0.235 e. The van der Waals surface area contributed by atoms with Crippen molar-refractivity contribution < 1.29 is 4.42 Å². The Bertz CT molecular complexity index is 3460. The van der Waals surface area contributed by atoms with Gasteiger partial charge in [-0.1, -0.05) is 121 Å². The van der Waals surface area contributed by atoms with Crippen molar-refractivity contribution in [1.29, 1.82) is 0 Å². The molecule has 0 aliphatic rings. The van der Waals surface area contributed by atoms with Crippen LogP contribution in [0.2, 0.25) is 0 Å². The normalized spacial score (nSPS) is 12.2. The molecule has 0 fully saturated rings. The highest BCUT2D eigenvalue weighted by molar-refractivity contribution is 6.33. The largest absolute Gasteiger partial charge is 0.456 e. The Kier molecular flexibility index (Phi) is 5.71. The van der Waals surface area contributed by atoms with Crippen LogP contribution >= 0.6 is 0 Å². The Balaban J connectivity index is 1.27. The molecule has 0 spiro atoms. The first-order valence-corrected chi connectivity index (χ1v) is 17.9. The van der Waals surface area contributed by atoms with Crippen LogP contribution in [0.1, 0.15) is 0 Å². The Morgan fingerprint density at radius 3 is 2.04 bits per heavy atom. The zero-order valence-corrected chi connectivity index (χ0v) is 28.4. The molecule has 0 radical (unpaired) electrons. The minimum Gasteiger partial charge on any atom is -0.456 e. The number of benzene rings is 8. The lowest BCUT2D eigenvalue weighted by Crippen LogP contribution is -2.03. The van der Waals surface area contributed by atoms with Crippen LogP contribution in [0.4, 0.5) is 0 Å².